The van der Waals surface area contributed by atoms with E-state index in [-0.39, 0.29) is 0 Å². The number of fused-ring (bicyclic) bond motifs is 1. The second-order valence-electron chi connectivity index (χ2n) is 2.68. The number of halogens is 1. The van der Waals surface area contributed by atoms with Gasteiger partial charge in [-0.15, -0.1) is 24.0 Å². The fourth-order valence-electron chi connectivity index (χ4n) is 1.18. The first-order valence-electron chi connectivity index (χ1n) is 3.56. The Balaban J connectivity index is 2.87. The molecule has 2 aromatic rings. The summed E-state index contributed by atoms with van der Waals surface area (Å²) < 4.78 is 2.71. The van der Waals surface area contributed by atoms with Crippen molar-refractivity contribution >= 4 is 56.6 Å². The average Bonchev–Trinajstić information content (AvgIpc) is 2.28. The van der Waals surface area contributed by atoms with Crippen molar-refractivity contribution in [2.24, 2.45) is 0 Å². The lowest BCUT2D eigenvalue weighted by molar-refractivity contribution is 1.51. The topological polar surface area (TPSA) is 0 Å². The maximum Gasteiger partial charge on any atom is 0.0695 e. The summed E-state index contributed by atoms with van der Waals surface area (Å²) in [5, 5.41) is 1.36. The molecular formula is C9H7IS2. The Morgan fingerprint density at radius 3 is 2.92 bits per heavy atom. The van der Waals surface area contributed by atoms with Crippen molar-refractivity contribution in [2.45, 2.75) is 11.8 Å². The van der Waals surface area contributed by atoms with E-state index < -0.39 is 0 Å². The Bertz CT molecular complexity index is 431. The third-order valence-corrected chi connectivity index (χ3v) is 4.65. The molecule has 0 atom stereocenters. The molecule has 3 heteroatoms. The summed E-state index contributed by atoms with van der Waals surface area (Å²) in [6, 6.07) is 6.31. The number of benzene rings is 1. The van der Waals surface area contributed by atoms with Crippen LogP contribution in [0.1, 0.15) is 5.56 Å². The highest BCUT2D eigenvalue weighted by Crippen LogP contribution is 2.32. The number of aryl methyl sites for hydroxylation is 1. The minimum absolute atomic E-state index is 1.04. The van der Waals surface area contributed by atoms with Gasteiger partial charge in [-0.1, -0.05) is 6.07 Å². The molecule has 1 aromatic carbocycles. The predicted octanol–water partition coefficient (Wildman–Crippen LogP) is 4.10. The van der Waals surface area contributed by atoms with Crippen LogP contribution in [0.2, 0.25) is 0 Å². The second kappa shape index (κ2) is 3.20. The molecule has 0 amide bonds. The Labute approximate surface area is 94.5 Å². The van der Waals surface area contributed by atoms with Gasteiger partial charge in [0.25, 0.3) is 0 Å². The molecular weight excluding hydrogens is 299 g/mol. The van der Waals surface area contributed by atoms with Crippen LogP contribution in [-0.4, -0.2) is 0 Å². The quantitative estimate of drug-likeness (QED) is 0.550. The van der Waals surface area contributed by atoms with E-state index in [1.165, 1.54) is 18.5 Å². The molecule has 0 N–H and O–H groups in total. The molecule has 0 radical (unpaired) electrons. The number of hydrogen-bond donors (Lipinski definition) is 1. The van der Waals surface area contributed by atoms with Crippen LogP contribution in [0.15, 0.2) is 23.1 Å². The van der Waals surface area contributed by atoms with Crippen LogP contribution < -0.4 is 0 Å². The van der Waals surface area contributed by atoms with E-state index in [4.69, 9.17) is 0 Å². The maximum atomic E-state index is 4.31. The van der Waals surface area contributed by atoms with E-state index in [1.54, 1.807) is 0 Å². The molecule has 0 aliphatic heterocycles. The first kappa shape index (κ1) is 8.84. The van der Waals surface area contributed by atoms with E-state index in [1.807, 2.05) is 17.4 Å². The monoisotopic (exact) mass is 306 g/mol. The Kier molecular flexibility index (Phi) is 2.35. The van der Waals surface area contributed by atoms with Crippen molar-refractivity contribution in [1.29, 1.82) is 0 Å². The van der Waals surface area contributed by atoms with Gasteiger partial charge >= 0.3 is 0 Å². The second-order valence-corrected chi connectivity index (χ2v) is 6.06. The van der Waals surface area contributed by atoms with Crippen LogP contribution in [0.25, 0.3) is 10.1 Å². The minimum Gasteiger partial charge on any atom is -0.143 e. The number of rotatable bonds is 0. The standard InChI is InChI=1S/C9H7IS2/c1-5-7-3-2-6(11)4-8(7)12-9(5)10/h2-4,11H,1H3. The van der Waals surface area contributed by atoms with Gasteiger partial charge in [-0.25, -0.2) is 0 Å². The van der Waals surface area contributed by atoms with Gasteiger partial charge in [0.2, 0.25) is 0 Å². The highest BCUT2D eigenvalue weighted by atomic mass is 127. The predicted molar refractivity (Wildman–Crippen MR) is 66.5 cm³/mol. The van der Waals surface area contributed by atoms with Crippen molar-refractivity contribution in [3.63, 3.8) is 0 Å². The van der Waals surface area contributed by atoms with Crippen molar-refractivity contribution in [2.75, 3.05) is 0 Å². The fraction of sp³-hybridized carbons (Fsp3) is 0.111. The fourth-order valence-corrected chi connectivity index (χ4v) is 3.45. The molecule has 0 aliphatic rings. The lowest BCUT2D eigenvalue weighted by atomic mass is 10.2. The van der Waals surface area contributed by atoms with E-state index >= 15 is 0 Å². The van der Waals surface area contributed by atoms with E-state index in [2.05, 4.69) is 54.3 Å². The van der Waals surface area contributed by atoms with Crippen LogP contribution in [0, 0.1) is 9.81 Å². The molecule has 0 unspecified atom stereocenters. The first-order chi connectivity index (χ1) is 5.68. The minimum atomic E-state index is 1.04. The largest absolute Gasteiger partial charge is 0.143 e. The molecule has 0 bridgehead atoms. The summed E-state index contributed by atoms with van der Waals surface area (Å²) in [5.74, 6) is 0. The van der Waals surface area contributed by atoms with Gasteiger partial charge in [0, 0.05) is 9.60 Å². The molecule has 0 saturated carbocycles. The maximum absolute atomic E-state index is 4.31. The Morgan fingerprint density at radius 2 is 2.17 bits per heavy atom. The third kappa shape index (κ3) is 1.38. The zero-order valence-electron chi connectivity index (χ0n) is 6.47. The van der Waals surface area contributed by atoms with E-state index in [0.717, 1.165) is 4.90 Å². The van der Waals surface area contributed by atoms with Crippen molar-refractivity contribution in [3.05, 3.63) is 26.6 Å². The summed E-state index contributed by atoms with van der Waals surface area (Å²) >= 11 is 8.52. The van der Waals surface area contributed by atoms with Gasteiger partial charge in [0.1, 0.15) is 0 Å². The van der Waals surface area contributed by atoms with E-state index in [9.17, 15) is 0 Å². The summed E-state index contributed by atoms with van der Waals surface area (Å²) in [4.78, 5) is 1.04. The SMILES string of the molecule is Cc1c(I)sc2cc(S)ccc12. The number of hydrogen-bond acceptors (Lipinski definition) is 2. The van der Waals surface area contributed by atoms with Crippen LogP contribution in [0.3, 0.4) is 0 Å². The highest BCUT2D eigenvalue weighted by molar-refractivity contribution is 14.1. The summed E-state index contributed by atoms with van der Waals surface area (Å²) in [5.41, 5.74) is 1.39. The van der Waals surface area contributed by atoms with Crippen LogP contribution in [0.4, 0.5) is 0 Å². The Morgan fingerprint density at radius 1 is 1.42 bits per heavy atom. The van der Waals surface area contributed by atoms with Gasteiger partial charge in [-0.2, -0.15) is 0 Å². The van der Waals surface area contributed by atoms with Gasteiger partial charge < -0.3 is 0 Å². The molecule has 12 heavy (non-hydrogen) atoms. The summed E-state index contributed by atoms with van der Waals surface area (Å²) in [7, 11) is 0. The van der Waals surface area contributed by atoms with Gasteiger partial charge in [-0.05, 0) is 52.6 Å². The average molecular weight is 306 g/mol. The molecule has 0 spiro atoms. The lowest BCUT2D eigenvalue weighted by Crippen LogP contribution is -1.69. The van der Waals surface area contributed by atoms with Gasteiger partial charge in [0.05, 0.1) is 2.88 Å². The van der Waals surface area contributed by atoms with Gasteiger partial charge in [0.15, 0.2) is 0 Å². The third-order valence-electron chi connectivity index (χ3n) is 1.86. The first-order valence-corrected chi connectivity index (χ1v) is 5.90. The molecule has 0 aliphatic carbocycles. The van der Waals surface area contributed by atoms with Crippen molar-refractivity contribution in [3.8, 4) is 0 Å². The zero-order chi connectivity index (χ0) is 8.72. The van der Waals surface area contributed by atoms with Gasteiger partial charge in [-0.3, -0.25) is 0 Å². The van der Waals surface area contributed by atoms with Crippen LogP contribution in [0.5, 0.6) is 0 Å². The van der Waals surface area contributed by atoms with Crippen molar-refractivity contribution in [1.82, 2.24) is 0 Å². The zero-order valence-corrected chi connectivity index (χ0v) is 10.3. The molecule has 0 nitrogen and oxygen atoms in total. The summed E-state index contributed by atoms with van der Waals surface area (Å²) in [6.45, 7) is 2.17. The smallest absolute Gasteiger partial charge is 0.0695 e. The molecule has 1 aromatic heterocycles. The lowest BCUT2D eigenvalue weighted by Gasteiger charge is -1.92. The molecule has 1 heterocycles. The molecule has 0 saturated heterocycles. The number of thiophene rings is 1. The van der Waals surface area contributed by atoms with Crippen LogP contribution >= 0.6 is 46.6 Å². The van der Waals surface area contributed by atoms with Crippen molar-refractivity contribution < 1.29 is 0 Å². The molecule has 62 valence electrons. The van der Waals surface area contributed by atoms with Crippen LogP contribution in [-0.2, 0) is 0 Å². The normalized spacial score (nSPS) is 10.9. The molecule has 0 fully saturated rings. The Hall–Kier alpha value is 0.260. The van der Waals surface area contributed by atoms with E-state index in [0.29, 0.717) is 0 Å². The number of thiol groups is 1. The molecule has 2 rings (SSSR count). The summed E-state index contributed by atoms with van der Waals surface area (Å²) in [6.07, 6.45) is 0. The highest BCUT2D eigenvalue weighted by Gasteiger charge is 2.04.